The van der Waals surface area contributed by atoms with E-state index in [1.165, 1.54) is 6.92 Å². The van der Waals surface area contributed by atoms with E-state index in [0.717, 1.165) is 31.5 Å². The van der Waals surface area contributed by atoms with Crippen LogP contribution in [0.2, 0.25) is 0 Å². The number of guanidine groups is 1. The van der Waals surface area contributed by atoms with E-state index in [4.69, 9.17) is 0 Å². The van der Waals surface area contributed by atoms with Crippen molar-refractivity contribution in [2.75, 3.05) is 26.2 Å². The van der Waals surface area contributed by atoms with Crippen LogP contribution in [0.5, 0.6) is 0 Å². The summed E-state index contributed by atoms with van der Waals surface area (Å²) < 4.78 is 13.6. The van der Waals surface area contributed by atoms with Crippen molar-refractivity contribution in [3.8, 4) is 0 Å². The van der Waals surface area contributed by atoms with Gasteiger partial charge in [0.15, 0.2) is 0 Å². The molecule has 1 aliphatic carbocycles. The Hall–Kier alpha value is -2.57. The molecule has 3 unspecified atom stereocenters. The molecule has 3 atom stereocenters. The zero-order chi connectivity index (χ0) is 19.5. The molecule has 3 fully saturated rings. The number of carbonyl (C=O) groups is 2. The lowest BCUT2D eigenvalue weighted by Gasteiger charge is -2.27. The van der Waals surface area contributed by atoms with E-state index in [-0.39, 0.29) is 17.0 Å². The Labute approximate surface area is 163 Å². The number of likely N-dealkylation sites (tertiary alicyclic amines) is 2. The fourth-order valence-corrected chi connectivity index (χ4v) is 4.85. The average Bonchev–Trinajstić information content (AvgIpc) is 3.27. The van der Waals surface area contributed by atoms with Gasteiger partial charge in [-0.05, 0) is 25.3 Å². The number of rotatable bonds is 2. The highest BCUT2D eigenvalue weighted by Gasteiger charge is 2.55. The first-order chi connectivity index (χ1) is 13.5. The number of carbonyl (C=O) groups excluding carboxylic acids is 2. The number of benzene rings is 1. The molecular formula is C21H23FN4O2. The summed E-state index contributed by atoms with van der Waals surface area (Å²) in [6.45, 7) is 4.38. The van der Waals surface area contributed by atoms with Gasteiger partial charge in [-0.1, -0.05) is 30.3 Å². The number of hydrogen-bond acceptors (Lipinski definition) is 4. The van der Waals surface area contributed by atoms with Crippen LogP contribution < -0.4 is 0 Å². The molecule has 0 aromatic heterocycles. The van der Waals surface area contributed by atoms with E-state index in [0.29, 0.717) is 30.9 Å². The SMILES string of the molecule is CC1=NC(N2CC3CN(C(=O)C4(c5ccccc5)CC4)CC3C2)=NC(=O)C1F. The molecule has 2 saturated heterocycles. The minimum Gasteiger partial charge on any atom is -0.341 e. The molecule has 7 heteroatoms. The first kappa shape index (κ1) is 17.5. The molecule has 146 valence electrons. The molecule has 6 nitrogen and oxygen atoms in total. The Morgan fingerprint density at radius 3 is 2.29 bits per heavy atom. The number of amides is 2. The molecule has 0 radical (unpaired) electrons. The van der Waals surface area contributed by atoms with Crippen LogP contribution >= 0.6 is 0 Å². The Morgan fingerprint density at radius 1 is 1.07 bits per heavy atom. The van der Waals surface area contributed by atoms with E-state index < -0.39 is 12.1 Å². The molecule has 28 heavy (non-hydrogen) atoms. The monoisotopic (exact) mass is 382 g/mol. The zero-order valence-corrected chi connectivity index (χ0v) is 15.8. The largest absolute Gasteiger partial charge is 0.341 e. The first-order valence-electron chi connectivity index (χ1n) is 9.89. The molecule has 1 saturated carbocycles. The normalized spacial score (nSPS) is 30.8. The molecule has 5 rings (SSSR count). The Balaban J connectivity index is 1.26. The summed E-state index contributed by atoms with van der Waals surface area (Å²) in [6, 6.07) is 10.1. The number of hydrogen-bond donors (Lipinski definition) is 0. The molecule has 2 amide bonds. The number of aliphatic imine (C=N–C) groups is 2. The van der Waals surface area contributed by atoms with Gasteiger partial charge in [0.1, 0.15) is 0 Å². The second kappa shape index (κ2) is 6.22. The summed E-state index contributed by atoms with van der Waals surface area (Å²) in [6.07, 6.45) is 0.127. The van der Waals surface area contributed by atoms with Crippen molar-refractivity contribution in [3.05, 3.63) is 35.9 Å². The molecule has 0 spiro atoms. The topological polar surface area (TPSA) is 65.3 Å². The minimum atomic E-state index is -1.72. The third-order valence-electron chi connectivity index (χ3n) is 6.61. The fourth-order valence-electron chi connectivity index (χ4n) is 4.85. The molecule has 3 heterocycles. The van der Waals surface area contributed by atoms with Crippen LogP contribution in [0.25, 0.3) is 0 Å². The summed E-state index contributed by atoms with van der Waals surface area (Å²) in [4.78, 5) is 36.9. The average molecular weight is 382 g/mol. The maximum Gasteiger partial charge on any atom is 0.289 e. The highest BCUT2D eigenvalue weighted by Crippen LogP contribution is 2.50. The third kappa shape index (κ3) is 2.67. The van der Waals surface area contributed by atoms with Crippen LogP contribution in [0.3, 0.4) is 0 Å². The second-order valence-corrected chi connectivity index (χ2v) is 8.45. The van der Waals surface area contributed by atoms with Crippen molar-refractivity contribution >= 4 is 23.5 Å². The van der Waals surface area contributed by atoms with Gasteiger partial charge in [-0.15, -0.1) is 0 Å². The van der Waals surface area contributed by atoms with E-state index in [1.807, 2.05) is 28.0 Å². The lowest BCUT2D eigenvalue weighted by Crippen LogP contribution is -2.41. The lowest BCUT2D eigenvalue weighted by molar-refractivity contribution is -0.133. The van der Waals surface area contributed by atoms with Crippen molar-refractivity contribution in [2.45, 2.75) is 31.4 Å². The van der Waals surface area contributed by atoms with Gasteiger partial charge in [0.2, 0.25) is 18.0 Å². The van der Waals surface area contributed by atoms with E-state index in [9.17, 15) is 14.0 Å². The number of fused-ring (bicyclic) bond motifs is 1. The number of halogens is 1. The maximum absolute atomic E-state index is 13.6. The molecule has 0 N–H and O–H groups in total. The highest BCUT2D eigenvalue weighted by molar-refractivity contribution is 6.16. The summed E-state index contributed by atoms with van der Waals surface area (Å²) in [5.74, 6) is 0.486. The number of nitrogens with zero attached hydrogens (tertiary/aromatic N) is 4. The van der Waals surface area contributed by atoms with E-state index >= 15 is 0 Å². The summed E-state index contributed by atoms with van der Waals surface area (Å²) in [7, 11) is 0. The van der Waals surface area contributed by atoms with Gasteiger partial charge in [-0.3, -0.25) is 9.59 Å². The Bertz CT molecular complexity index is 879. The molecule has 4 aliphatic rings. The van der Waals surface area contributed by atoms with Crippen LogP contribution in [0.4, 0.5) is 4.39 Å². The van der Waals surface area contributed by atoms with Crippen LogP contribution in [-0.4, -0.2) is 65.6 Å². The zero-order valence-electron chi connectivity index (χ0n) is 15.8. The lowest BCUT2D eigenvalue weighted by atomic mass is 9.94. The standard InChI is InChI=1S/C21H23FN4O2/c1-13-17(22)18(27)24-20(23-13)26-11-14-9-25(10-15(14)12-26)19(28)21(7-8-21)16-5-3-2-4-6-16/h2-6,14-15,17H,7-12H2,1H3. The third-order valence-corrected chi connectivity index (χ3v) is 6.61. The summed E-state index contributed by atoms with van der Waals surface area (Å²) in [5.41, 5.74) is 0.971. The molecular weight excluding hydrogens is 359 g/mol. The van der Waals surface area contributed by atoms with Gasteiger partial charge in [0.25, 0.3) is 5.91 Å². The van der Waals surface area contributed by atoms with Gasteiger partial charge in [0, 0.05) is 38.0 Å². The van der Waals surface area contributed by atoms with E-state index in [2.05, 4.69) is 22.1 Å². The van der Waals surface area contributed by atoms with Crippen LogP contribution in [-0.2, 0) is 15.0 Å². The van der Waals surface area contributed by atoms with Crippen molar-refractivity contribution in [3.63, 3.8) is 0 Å². The first-order valence-corrected chi connectivity index (χ1v) is 9.89. The Morgan fingerprint density at radius 2 is 1.71 bits per heavy atom. The van der Waals surface area contributed by atoms with Crippen LogP contribution in [0, 0.1) is 11.8 Å². The molecule has 0 bridgehead atoms. The van der Waals surface area contributed by atoms with Crippen molar-refractivity contribution in [1.82, 2.24) is 9.80 Å². The van der Waals surface area contributed by atoms with Gasteiger partial charge in [-0.2, -0.15) is 4.99 Å². The highest BCUT2D eigenvalue weighted by atomic mass is 19.1. The predicted octanol–water partition coefficient (Wildman–Crippen LogP) is 1.80. The van der Waals surface area contributed by atoms with Crippen molar-refractivity contribution in [1.29, 1.82) is 0 Å². The van der Waals surface area contributed by atoms with Crippen molar-refractivity contribution in [2.24, 2.45) is 21.8 Å². The summed E-state index contributed by atoms with van der Waals surface area (Å²) in [5, 5.41) is 0. The predicted molar refractivity (Wildman–Crippen MR) is 103 cm³/mol. The second-order valence-electron chi connectivity index (χ2n) is 8.45. The van der Waals surface area contributed by atoms with Gasteiger partial charge >= 0.3 is 0 Å². The maximum atomic E-state index is 13.6. The number of alkyl halides is 1. The minimum absolute atomic E-state index is 0.169. The molecule has 1 aromatic rings. The van der Waals surface area contributed by atoms with Crippen molar-refractivity contribution < 1.29 is 14.0 Å². The van der Waals surface area contributed by atoms with Gasteiger partial charge in [0.05, 0.1) is 11.1 Å². The van der Waals surface area contributed by atoms with Crippen LogP contribution in [0.1, 0.15) is 25.3 Å². The Kier molecular flexibility index (Phi) is 3.89. The van der Waals surface area contributed by atoms with Gasteiger partial charge < -0.3 is 9.80 Å². The van der Waals surface area contributed by atoms with Gasteiger partial charge in [-0.25, -0.2) is 9.38 Å². The smallest absolute Gasteiger partial charge is 0.289 e. The van der Waals surface area contributed by atoms with E-state index in [1.54, 1.807) is 0 Å². The van der Waals surface area contributed by atoms with Crippen LogP contribution in [0.15, 0.2) is 40.3 Å². The molecule has 3 aliphatic heterocycles. The quantitative estimate of drug-likeness (QED) is 0.784. The fraction of sp³-hybridized carbons (Fsp3) is 0.524. The molecule has 1 aromatic carbocycles. The summed E-state index contributed by atoms with van der Waals surface area (Å²) >= 11 is 0.